The summed E-state index contributed by atoms with van der Waals surface area (Å²) in [4.78, 5) is 0.493. The molecule has 6 nitrogen and oxygen atoms in total. The van der Waals surface area contributed by atoms with Crippen molar-refractivity contribution in [3.63, 3.8) is 0 Å². The normalized spacial score (nSPS) is 16.2. The lowest BCUT2D eigenvalue weighted by atomic mass is 10.2. The van der Waals surface area contributed by atoms with Gasteiger partial charge in [0.2, 0.25) is 20.0 Å². The van der Waals surface area contributed by atoms with Crippen LogP contribution in [0.3, 0.4) is 0 Å². The quantitative estimate of drug-likeness (QED) is 0.651. The van der Waals surface area contributed by atoms with E-state index in [1.54, 1.807) is 36.4 Å². The second kappa shape index (κ2) is 9.04. The number of nitrogens with zero attached hydrogens (tertiary/aromatic N) is 1. The predicted molar refractivity (Wildman–Crippen MR) is 112 cm³/mol. The third-order valence-corrected chi connectivity index (χ3v) is 8.62. The Kier molecular flexibility index (Phi) is 6.93. The zero-order valence-electron chi connectivity index (χ0n) is 15.3. The van der Waals surface area contributed by atoms with Crippen LogP contribution in [0, 0.1) is 0 Å². The second-order valence-corrected chi connectivity index (χ2v) is 11.3. The molecule has 3 rings (SSSR count). The number of hydrogen-bond acceptors (Lipinski definition) is 4. The van der Waals surface area contributed by atoms with E-state index in [0.717, 1.165) is 29.3 Å². The number of benzene rings is 2. The monoisotopic (exact) mass is 486 g/mol. The molecule has 1 aliphatic rings. The highest BCUT2D eigenvalue weighted by molar-refractivity contribution is 9.10. The van der Waals surface area contributed by atoms with E-state index < -0.39 is 20.0 Å². The molecule has 0 bridgehead atoms. The van der Waals surface area contributed by atoms with Crippen molar-refractivity contribution in [2.45, 2.75) is 35.5 Å². The van der Waals surface area contributed by atoms with Gasteiger partial charge in [0.15, 0.2) is 0 Å². The van der Waals surface area contributed by atoms with Gasteiger partial charge in [0.05, 0.1) is 9.79 Å². The van der Waals surface area contributed by atoms with Crippen LogP contribution in [0.4, 0.5) is 0 Å². The molecule has 1 heterocycles. The Morgan fingerprint density at radius 3 is 2.00 bits per heavy atom. The number of halogens is 1. The van der Waals surface area contributed by atoms with Crippen LogP contribution in [-0.2, 0) is 26.5 Å². The summed E-state index contributed by atoms with van der Waals surface area (Å²) in [6.45, 7) is 1.38. The molecule has 0 radical (unpaired) electrons. The summed E-state index contributed by atoms with van der Waals surface area (Å²) in [5, 5.41) is 0. The van der Waals surface area contributed by atoms with Gasteiger partial charge in [-0.1, -0.05) is 34.5 Å². The first-order valence-electron chi connectivity index (χ1n) is 9.13. The van der Waals surface area contributed by atoms with Crippen LogP contribution in [0.1, 0.15) is 24.8 Å². The first-order valence-corrected chi connectivity index (χ1v) is 12.8. The average Bonchev–Trinajstić information content (AvgIpc) is 2.69. The molecule has 1 saturated heterocycles. The maximum atomic E-state index is 12.7. The molecule has 1 N–H and O–H groups in total. The van der Waals surface area contributed by atoms with Gasteiger partial charge in [-0.3, -0.25) is 0 Å². The summed E-state index contributed by atoms with van der Waals surface area (Å²) in [7, 11) is -7.01. The number of piperidine rings is 1. The molecule has 1 aliphatic heterocycles. The van der Waals surface area contributed by atoms with Crippen LogP contribution in [0.15, 0.2) is 62.8 Å². The molecule has 9 heteroatoms. The number of rotatable bonds is 7. The summed E-state index contributed by atoms with van der Waals surface area (Å²) < 4.78 is 54.8. The predicted octanol–water partition coefficient (Wildman–Crippen LogP) is 3.14. The summed E-state index contributed by atoms with van der Waals surface area (Å²) in [5.41, 5.74) is 0.871. The van der Waals surface area contributed by atoms with Crippen LogP contribution in [0.25, 0.3) is 0 Å². The molecule has 0 aliphatic carbocycles. The molecule has 0 amide bonds. The van der Waals surface area contributed by atoms with Crippen molar-refractivity contribution in [3.05, 3.63) is 58.6 Å². The summed E-state index contributed by atoms with van der Waals surface area (Å²) in [5.74, 6) is 0. The Bertz CT molecular complexity index is 999. The molecule has 0 unspecified atom stereocenters. The maximum Gasteiger partial charge on any atom is 0.243 e. The fraction of sp³-hybridized carbons (Fsp3) is 0.368. The van der Waals surface area contributed by atoms with Crippen molar-refractivity contribution < 1.29 is 16.8 Å². The highest BCUT2D eigenvalue weighted by Crippen LogP contribution is 2.21. The lowest BCUT2D eigenvalue weighted by Crippen LogP contribution is -2.35. The Balaban J connectivity index is 1.59. The minimum absolute atomic E-state index is 0.207. The molecule has 0 aromatic heterocycles. The van der Waals surface area contributed by atoms with Gasteiger partial charge in [-0.15, -0.1) is 0 Å². The minimum Gasteiger partial charge on any atom is -0.211 e. The number of sulfonamides is 2. The van der Waals surface area contributed by atoms with Crippen LogP contribution in [-0.4, -0.2) is 40.8 Å². The molecule has 2 aromatic carbocycles. The molecule has 2 aromatic rings. The Morgan fingerprint density at radius 2 is 1.39 bits per heavy atom. The topological polar surface area (TPSA) is 83.5 Å². The summed E-state index contributed by atoms with van der Waals surface area (Å²) in [6, 6.07) is 13.1. The lowest BCUT2D eigenvalue weighted by Gasteiger charge is -2.25. The van der Waals surface area contributed by atoms with Crippen molar-refractivity contribution in [2.75, 3.05) is 19.6 Å². The minimum atomic E-state index is -3.57. The highest BCUT2D eigenvalue weighted by atomic mass is 79.9. The molecular weight excluding hydrogens is 464 g/mol. The molecule has 152 valence electrons. The van der Waals surface area contributed by atoms with Crippen molar-refractivity contribution in [1.82, 2.24) is 9.03 Å². The molecule has 0 spiro atoms. The van der Waals surface area contributed by atoms with Gasteiger partial charge < -0.3 is 0 Å². The van der Waals surface area contributed by atoms with Gasteiger partial charge in [0.1, 0.15) is 0 Å². The third-order valence-electron chi connectivity index (χ3n) is 4.71. The molecule has 28 heavy (non-hydrogen) atoms. The Hall–Kier alpha value is -1.26. The van der Waals surface area contributed by atoms with E-state index in [9.17, 15) is 16.8 Å². The largest absolute Gasteiger partial charge is 0.243 e. The molecular formula is C19H23BrN2O4S2. The smallest absolute Gasteiger partial charge is 0.211 e. The van der Waals surface area contributed by atoms with Gasteiger partial charge in [0.25, 0.3) is 0 Å². The third kappa shape index (κ3) is 5.21. The van der Waals surface area contributed by atoms with Crippen molar-refractivity contribution in [3.8, 4) is 0 Å². The van der Waals surface area contributed by atoms with Gasteiger partial charge in [-0.05, 0) is 61.2 Å². The number of nitrogens with one attached hydrogen (secondary N) is 1. The highest BCUT2D eigenvalue weighted by Gasteiger charge is 2.25. The Labute approximate surface area is 175 Å². The van der Waals surface area contributed by atoms with Crippen LogP contribution in [0.2, 0.25) is 0 Å². The lowest BCUT2D eigenvalue weighted by molar-refractivity contribution is 0.346. The van der Waals surface area contributed by atoms with Crippen LogP contribution >= 0.6 is 15.9 Å². The Morgan fingerprint density at radius 1 is 0.821 bits per heavy atom. The van der Waals surface area contributed by atoms with Gasteiger partial charge >= 0.3 is 0 Å². The maximum absolute atomic E-state index is 12.7. The number of hydrogen-bond donors (Lipinski definition) is 1. The van der Waals surface area contributed by atoms with Crippen LogP contribution < -0.4 is 4.72 Å². The first-order chi connectivity index (χ1) is 13.3. The molecule has 0 atom stereocenters. The van der Waals surface area contributed by atoms with Crippen molar-refractivity contribution in [1.29, 1.82) is 0 Å². The van der Waals surface area contributed by atoms with E-state index in [1.165, 1.54) is 16.4 Å². The van der Waals surface area contributed by atoms with E-state index in [2.05, 4.69) is 20.7 Å². The van der Waals surface area contributed by atoms with Crippen molar-refractivity contribution in [2.24, 2.45) is 0 Å². The van der Waals surface area contributed by atoms with E-state index in [4.69, 9.17) is 0 Å². The van der Waals surface area contributed by atoms with Crippen LogP contribution in [0.5, 0.6) is 0 Å². The second-order valence-electron chi connectivity index (χ2n) is 6.71. The first kappa shape index (κ1) is 21.4. The van der Waals surface area contributed by atoms with E-state index in [1.807, 2.05) is 0 Å². The molecule has 1 fully saturated rings. The summed E-state index contributed by atoms with van der Waals surface area (Å²) >= 11 is 3.28. The van der Waals surface area contributed by atoms with E-state index in [0.29, 0.717) is 19.5 Å². The molecule has 0 saturated carbocycles. The fourth-order valence-corrected chi connectivity index (χ4v) is 5.92. The average molecular weight is 487 g/mol. The zero-order chi connectivity index (χ0) is 20.2. The standard InChI is InChI=1S/C19H23BrN2O4S2/c20-17-6-10-18(11-7-17)27(23,24)21-13-12-16-4-8-19(9-5-16)28(25,26)22-14-2-1-3-15-22/h4-11,21H,1-3,12-15H2. The fourth-order valence-electron chi connectivity index (χ4n) is 3.11. The van der Waals surface area contributed by atoms with Crippen molar-refractivity contribution >= 4 is 36.0 Å². The SMILES string of the molecule is O=S(=O)(NCCc1ccc(S(=O)(=O)N2CCCCC2)cc1)c1ccc(Br)cc1. The van der Waals surface area contributed by atoms with Gasteiger partial charge in [0, 0.05) is 24.1 Å². The summed E-state index contributed by atoms with van der Waals surface area (Å²) in [6.07, 6.45) is 3.34. The zero-order valence-corrected chi connectivity index (χ0v) is 18.6. The van der Waals surface area contributed by atoms with Gasteiger partial charge in [-0.25, -0.2) is 21.6 Å². The van der Waals surface area contributed by atoms with E-state index in [-0.39, 0.29) is 16.3 Å². The van der Waals surface area contributed by atoms with Gasteiger partial charge in [-0.2, -0.15) is 4.31 Å². The van der Waals surface area contributed by atoms with E-state index >= 15 is 0 Å².